The topological polar surface area (TPSA) is 29.9 Å². The van der Waals surface area contributed by atoms with Crippen molar-refractivity contribution in [2.45, 2.75) is 32.2 Å². The Labute approximate surface area is 85.5 Å². The van der Waals surface area contributed by atoms with Crippen LogP contribution in [0.5, 0.6) is 0 Å². The first kappa shape index (κ1) is 9.71. The zero-order chi connectivity index (χ0) is 9.97. The molecule has 3 heteroatoms. The van der Waals surface area contributed by atoms with Crippen molar-refractivity contribution in [1.82, 2.24) is 15.1 Å². The van der Waals surface area contributed by atoms with Crippen LogP contribution in [-0.4, -0.2) is 16.3 Å². The third-order valence-electron chi connectivity index (χ3n) is 2.84. The van der Waals surface area contributed by atoms with Crippen LogP contribution in [0.15, 0.2) is 12.4 Å². The summed E-state index contributed by atoms with van der Waals surface area (Å²) in [6.45, 7) is 3.20. The molecule has 1 aliphatic rings. The summed E-state index contributed by atoms with van der Waals surface area (Å²) in [6.07, 6.45) is 8.22. The molecule has 0 aliphatic heterocycles. The van der Waals surface area contributed by atoms with Crippen molar-refractivity contribution in [2.75, 3.05) is 6.54 Å². The predicted octanol–water partition coefficient (Wildman–Crippen LogP) is 1.87. The quantitative estimate of drug-likeness (QED) is 0.773. The molecule has 14 heavy (non-hydrogen) atoms. The Hall–Kier alpha value is -0.830. The van der Waals surface area contributed by atoms with Gasteiger partial charge in [-0.1, -0.05) is 19.8 Å². The normalized spacial score (nSPS) is 18.4. The summed E-state index contributed by atoms with van der Waals surface area (Å²) in [5.74, 6) is 0.958. The number of nitrogens with zero attached hydrogens (tertiary/aromatic N) is 2. The van der Waals surface area contributed by atoms with E-state index in [9.17, 15) is 0 Å². The van der Waals surface area contributed by atoms with Gasteiger partial charge in [0.1, 0.15) is 0 Å². The Morgan fingerprint density at radius 1 is 1.64 bits per heavy atom. The lowest BCUT2D eigenvalue weighted by Crippen LogP contribution is -2.21. The van der Waals surface area contributed by atoms with Gasteiger partial charge in [0.2, 0.25) is 0 Å². The molecule has 1 saturated carbocycles. The summed E-state index contributed by atoms with van der Waals surface area (Å²) in [5, 5.41) is 7.75. The fourth-order valence-electron chi connectivity index (χ4n) is 1.89. The van der Waals surface area contributed by atoms with Crippen LogP contribution >= 0.6 is 0 Å². The van der Waals surface area contributed by atoms with E-state index in [0.717, 1.165) is 12.5 Å². The molecule has 1 aromatic rings. The standard InChI is InChI=1S/C11H19N3/c1-3-12-11(6-9-4-5-9)10-7-13-14(2)8-10/h7-9,11-12H,3-6H2,1-2H3. The SMILES string of the molecule is CCNC(CC1CC1)c1cnn(C)c1. The molecular formula is C11H19N3. The second kappa shape index (κ2) is 4.13. The number of aryl methyl sites for hydroxylation is 1. The number of aromatic nitrogens is 2. The van der Waals surface area contributed by atoms with Gasteiger partial charge in [0, 0.05) is 24.8 Å². The van der Waals surface area contributed by atoms with E-state index in [2.05, 4.69) is 23.5 Å². The van der Waals surface area contributed by atoms with E-state index >= 15 is 0 Å². The number of nitrogens with one attached hydrogen (secondary N) is 1. The van der Waals surface area contributed by atoms with E-state index in [4.69, 9.17) is 0 Å². The number of rotatable bonds is 5. The Balaban J connectivity index is 2.00. The van der Waals surface area contributed by atoms with Gasteiger partial charge in [-0.15, -0.1) is 0 Å². The van der Waals surface area contributed by atoms with Crippen LogP contribution in [0.2, 0.25) is 0 Å². The van der Waals surface area contributed by atoms with Crippen molar-refractivity contribution in [3.05, 3.63) is 18.0 Å². The fourth-order valence-corrected chi connectivity index (χ4v) is 1.89. The first-order valence-corrected chi connectivity index (χ1v) is 5.51. The first-order valence-electron chi connectivity index (χ1n) is 5.51. The summed E-state index contributed by atoms with van der Waals surface area (Å²) in [4.78, 5) is 0. The predicted molar refractivity (Wildman–Crippen MR) is 57.0 cm³/mol. The van der Waals surface area contributed by atoms with E-state index in [0.29, 0.717) is 6.04 Å². The zero-order valence-electron chi connectivity index (χ0n) is 9.03. The molecule has 0 saturated heterocycles. The molecule has 0 spiro atoms. The second-order valence-corrected chi connectivity index (χ2v) is 4.24. The van der Waals surface area contributed by atoms with Gasteiger partial charge in [0.05, 0.1) is 6.20 Å². The first-order chi connectivity index (χ1) is 6.79. The average molecular weight is 193 g/mol. The van der Waals surface area contributed by atoms with Gasteiger partial charge in [0.15, 0.2) is 0 Å². The fraction of sp³-hybridized carbons (Fsp3) is 0.727. The van der Waals surface area contributed by atoms with Gasteiger partial charge in [-0.2, -0.15) is 5.10 Å². The van der Waals surface area contributed by atoms with E-state index < -0.39 is 0 Å². The second-order valence-electron chi connectivity index (χ2n) is 4.24. The van der Waals surface area contributed by atoms with Gasteiger partial charge in [-0.3, -0.25) is 4.68 Å². The Morgan fingerprint density at radius 2 is 2.43 bits per heavy atom. The molecule has 2 rings (SSSR count). The highest BCUT2D eigenvalue weighted by atomic mass is 15.2. The third kappa shape index (κ3) is 2.35. The van der Waals surface area contributed by atoms with Crippen LogP contribution in [0.3, 0.4) is 0 Å². The molecule has 1 aromatic heterocycles. The molecule has 1 aliphatic carbocycles. The Kier molecular flexibility index (Phi) is 2.87. The van der Waals surface area contributed by atoms with Gasteiger partial charge in [0.25, 0.3) is 0 Å². The lowest BCUT2D eigenvalue weighted by Gasteiger charge is -2.15. The minimum atomic E-state index is 0.515. The molecule has 1 N–H and O–H groups in total. The smallest absolute Gasteiger partial charge is 0.0537 e. The maximum absolute atomic E-state index is 4.22. The van der Waals surface area contributed by atoms with Crippen LogP contribution in [0.1, 0.15) is 37.8 Å². The molecule has 0 amide bonds. The molecule has 1 heterocycles. The summed E-state index contributed by atoms with van der Waals surface area (Å²) >= 11 is 0. The lowest BCUT2D eigenvalue weighted by molar-refractivity contribution is 0.486. The maximum Gasteiger partial charge on any atom is 0.0537 e. The molecule has 1 unspecified atom stereocenters. The van der Waals surface area contributed by atoms with Crippen molar-refractivity contribution >= 4 is 0 Å². The summed E-state index contributed by atoms with van der Waals surface area (Å²) < 4.78 is 1.88. The van der Waals surface area contributed by atoms with E-state index in [1.807, 2.05) is 17.9 Å². The van der Waals surface area contributed by atoms with E-state index in [1.54, 1.807) is 0 Å². The van der Waals surface area contributed by atoms with E-state index in [-0.39, 0.29) is 0 Å². The summed E-state index contributed by atoms with van der Waals surface area (Å²) in [5.41, 5.74) is 1.33. The minimum absolute atomic E-state index is 0.515. The van der Waals surface area contributed by atoms with Crippen LogP contribution in [0.4, 0.5) is 0 Å². The average Bonchev–Trinajstić information content (AvgIpc) is 2.87. The molecule has 0 bridgehead atoms. The third-order valence-corrected chi connectivity index (χ3v) is 2.84. The minimum Gasteiger partial charge on any atom is -0.310 e. The summed E-state index contributed by atoms with van der Waals surface area (Å²) in [7, 11) is 1.98. The molecule has 3 nitrogen and oxygen atoms in total. The van der Waals surface area contributed by atoms with Crippen molar-refractivity contribution in [3.63, 3.8) is 0 Å². The van der Waals surface area contributed by atoms with Crippen LogP contribution in [0, 0.1) is 5.92 Å². The van der Waals surface area contributed by atoms with Crippen molar-refractivity contribution in [3.8, 4) is 0 Å². The van der Waals surface area contributed by atoms with Gasteiger partial charge >= 0.3 is 0 Å². The van der Waals surface area contributed by atoms with Crippen molar-refractivity contribution in [2.24, 2.45) is 13.0 Å². The highest BCUT2D eigenvalue weighted by Gasteiger charge is 2.26. The van der Waals surface area contributed by atoms with Gasteiger partial charge in [-0.25, -0.2) is 0 Å². The molecule has 0 aromatic carbocycles. The molecule has 78 valence electrons. The Morgan fingerprint density at radius 3 is 2.93 bits per heavy atom. The van der Waals surface area contributed by atoms with Crippen molar-refractivity contribution in [1.29, 1.82) is 0 Å². The maximum atomic E-state index is 4.22. The lowest BCUT2D eigenvalue weighted by atomic mass is 10.0. The van der Waals surface area contributed by atoms with Crippen LogP contribution < -0.4 is 5.32 Å². The largest absolute Gasteiger partial charge is 0.310 e. The monoisotopic (exact) mass is 193 g/mol. The van der Waals surface area contributed by atoms with Gasteiger partial charge < -0.3 is 5.32 Å². The van der Waals surface area contributed by atoms with Crippen LogP contribution in [0.25, 0.3) is 0 Å². The molecular weight excluding hydrogens is 174 g/mol. The number of hydrogen-bond acceptors (Lipinski definition) is 2. The molecule has 0 radical (unpaired) electrons. The number of hydrogen-bond donors (Lipinski definition) is 1. The summed E-state index contributed by atoms with van der Waals surface area (Å²) in [6, 6.07) is 0.515. The molecule has 1 fully saturated rings. The van der Waals surface area contributed by atoms with Crippen molar-refractivity contribution < 1.29 is 0 Å². The highest BCUT2D eigenvalue weighted by molar-refractivity contribution is 5.11. The highest BCUT2D eigenvalue weighted by Crippen LogP contribution is 2.37. The van der Waals surface area contributed by atoms with Gasteiger partial charge in [-0.05, 0) is 18.9 Å². The molecule has 1 atom stereocenters. The van der Waals surface area contributed by atoms with Crippen LogP contribution in [-0.2, 0) is 7.05 Å². The van der Waals surface area contributed by atoms with E-state index in [1.165, 1.54) is 24.8 Å². The Bertz CT molecular complexity index is 288. The zero-order valence-corrected chi connectivity index (χ0v) is 9.03.